The van der Waals surface area contributed by atoms with E-state index in [1.807, 2.05) is 0 Å². The first-order valence-electron chi connectivity index (χ1n) is 2.57. The van der Waals surface area contributed by atoms with Gasteiger partial charge in [0.05, 0.1) is 6.54 Å². The maximum atomic E-state index is 12.4. The average Bonchev–Trinajstić information content (AvgIpc) is 1.77. The van der Waals surface area contributed by atoms with Crippen LogP contribution in [0.15, 0.2) is 12.4 Å². The van der Waals surface area contributed by atoms with Crippen molar-refractivity contribution < 1.29 is 4.39 Å². The summed E-state index contributed by atoms with van der Waals surface area (Å²) in [5.41, 5.74) is 0. The Morgan fingerprint density at radius 3 is 3.00 bits per heavy atom. The molecule has 0 fully saturated rings. The summed E-state index contributed by atoms with van der Waals surface area (Å²) in [6.07, 6.45) is 2.55. The summed E-state index contributed by atoms with van der Waals surface area (Å²) in [6, 6.07) is 0. The molecule has 8 heavy (non-hydrogen) atoms. The van der Waals surface area contributed by atoms with Crippen molar-refractivity contribution in [3.8, 4) is 0 Å². The van der Waals surface area contributed by atoms with E-state index in [0.717, 1.165) is 0 Å². The predicted molar refractivity (Wildman–Crippen MR) is 29.8 cm³/mol. The summed E-state index contributed by atoms with van der Waals surface area (Å²) in [5.74, 6) is 0. The molecule has 0 bridgehead atoms. The molecule has 1 aliphatic heterocycles. The molecule has 1 rings (SSSR count). The van der Waals surface area contributed by atoms with Gasteiger partial charge in [-0.1, -0.05) is 0 Å². The summed E-state index contributed by atoms with van der Waals surface area (Å²) < 4.78 is 12.4. The van der Waals surface area contributed by atoms with Crippen molar-refractivity contribution in [3.05, 3.63) is 12.4 Å². The first-order chi connectivity index (χ1) is 3.80. The molecule has 0 radical (unpaired) electrons. The number of likely N-dealkylation sites (N-methyl/N-ethyl adjacent to an activating group) is 1. The van der Waals surface area contributed by atoms with Gasteiger partial charge in [-0.15, -0.1) is 0 Å². The van der Waals surface area contributed by atoms with Crippen molar-refractivity contribution in [2.75, 3.05) is 13.6 Å². The molecular formula is C5H9FN2. The predicted octanol–water partition coefficient (Wildman–Crippen LogP) is 0.288. The quantitative estimate of drug-likeness (QED) is 0.457. The summed E-state index contributed by atoms with van der Waals surface area (Å²) >= 11 is 0. The van der Waals surface area contributed by atoms with Gasteiger partial charge >= 0.3 is 0 Å². The number of nitrogens with zero attached hydrogens (tertiary/aromatic N) is 1. The van der Waals surface area contributed by atoms with Crippen LogP contribution in [0.3, 0.4) is 0 Å². The standard InChI is InChI=1S/C5H9FN2/c1-8-3-2-7-4-5(8)6/h2-3,5,7H,4H2,1H3. The van der Waals surface area contributed by atoms with E-state index in [1.54, 1.807) is 19.4 Å². The maximum absolute atomic E-state index is 12.4. The van der Waals surface area contributed by atoms with Crippen LogP contribution in [0.1, 0.15) is 0 Å². The summed E-state index contributed by atoms with van der Waals surface area (Å²) in [6.45, 7) is 0.396. The lowest BCUT2D eigenvalue weighted by Gasteiger charge is -2.23. The molecule has 0 aliphatic carbocycles. The molecule has 0 spiro atoms. The number of hydrogen-bond donors (Lipinski definition) is 1. The van der Waals surface area contributed by atoms with Crippen LogP contribution >= 0.6 is 0 Å². The fourth-order valence-corrected chi connectivity index (χ4v) is 0.573. The molecule has 46 valence electrons. The molecule has 1 aliphatic rings. The van der Waals surface area contributed by atoms with Gasteiger partial charge in [0.25, 0.3) is 0 Å². The van der Waals surface area contributed by atoms with Crippen molar-refractivity contribution in [1.82, 2.24) is 10.2 Å². The molecule has 3 heteroatoms. The van der Waals surface area contributed by atoms with Crippen LogP contribution in [0.25, 0.3) is 0 Å². The van der Waals surface area contributed by atoms with Crippen molar-refractivity contribution in [3.63, 3.8) is 0 Å². The summed E-state index contributed by atoms with van der Waals surface area (Å²) in [5, 5.41) is 2.77. The second-order valence-corrected chi connectivity index (χ2v) is 1.82. The number of hydrogen-bond acceptors (Lipinski definition) is 2. The molecule has 0 saturated carbocycles. The molecule has 1 atom stereocenters. The Balaban J connectivity index is 2.47. The third-order valence-electron chi connectivity index (χ3n) is 1.16. The number of alkyl halides is 1. The zero-order valence-electron chi connectivity index (χ0n) is 4.76. The second-order valence-electron chi connectivity index (χ2n) is 1.82. The van der Waals surface area contributed by atoms with Gasteiger partial charge in [0.2, 0.25) is 0 Å². The van der Waals surface area contributed by atoms with Crippen molar-refractivity contribution in [2.45, 2.75) is 6.30 Å². The minimum atomic E-state index is -0.861. The summed E-state index contributed by atoms with van der Waals surface area (Å²) in [7, 11) is 1.71. The summed E-state index contributed by atoms with van der Waals surface area (Å²) in [4.78, 5) is 1.52. The van der Waals surface area contributed by atoms with E-state index in [9.17, 15) is 4.39 Å². The molecule has 1 unspecified atom stereocenters. The fourth-order valence-electron chi connectivity index (χ4n) is 0.573. The van der Waals surface area contributed by atoms with Crippen LogP contribution in [0.5, 0.6) is 0 Å². The Morgan fingerprint density at radius 1 is 1.88 bits per heavy atom. The Hall–Kier alpha value is -0.730. The van der Waals surface area contributed by atoms with Gasteiger partial charge in [0.1, 0.15) is 0 Å². The van der Waals surface area contributed by atoms with E-state index in [1.165, 1.54) is 4.90 Å². The van der Waals surface area contributed by atoms with Gasteiger partial charge < -0.3 is 10.2 Å². The monoisotopic (exact) mass is 116 g/mol. The number of halogens is 1. The first-order valence-corrected chi connectivity index (χ1v) is 2.57. The highest BCUT2D eigenvalue weighted by atomic mass is 19.1. The SMILES string of the molecule is CN1C=CNCC1F. The van der Waals surface area contributed by atoms with Crippen LogP contribution in [0.4, 0.5) is 4.39 Å². The lowest BCUT2D eigenvalue weighted by atomic mass is 10.5. The third kappa shape index (κ3) is 0.911. The topological polar surface area (TPSA) is 15.3 Å². The highest BCUT2D eigenvalue weighted by Crippen LogP contribution is 1.99. The van der Waals surface area contributed by atoms with Crippen LogP contribution in [-0.2, 0) is 0 Å². The molecule has 2 nitrogen and oxygen atoms in total. The Morgan fingerprint density at radius 2 is 2.62 bits per heavy atom. The van der Waals surface area contributed by atoms with E-state index in [2.05, 4.69) is 5.32 Å². The zero-order valence-corrected chi connectivity index (χ0v) is 4.76. The van der Waals surface area contributed by atoms with E-state index in [4.69, 9.17) is 0 Å². The van der Waals surface area contributed by atoms with Crippen molar-refractivity contribution in [2.24, 2.45) is 0 Å². The van der Waals surface area contributed by atoms with Gasteiger partial charge in [0, 0.05) is 19.4 Å². The van der Waals surface area contributed by atoms with E-state index < -0.39 is 6.30 Å². The Kier molecular flexibility index (Phi) is 1.37. The van der Waals surface area contributed by atoms with Gasteiger partial charge in [-0.2, -0.15) is 0 Å². The zero-order chi connectivity index (χ0) is 5.98. The Labute approximate surface area is 48.0 Å². The van der Waals surface area contributed by atoms with Gasteiger partial charge in [0.15, 0.2) is 6.30 Å². The first kappa shape index (κ1) is 5.41. The molecule has 0 aromatic heterocycles. The van der Waals surface area contributed by atoms with Gasteiger partial charge in [-0.3, -0.25) is 0 Å². The van der Waals surface area contributed by atoms with Crippen molar-refractivity contribution in [1.29, 1.82) is 0 Å². The van der Waals surface area contributed by atoms with Gasteiger partial charge in [-0.25, -0.2) is 4.39 Å². The molecule has 0 saturated heterocycles. The molecule has 0 amide bonds. The number of rotatable bonds is 0. The Bertz CT molecular complexity index is 103. The number of nitrogens with one attached hydrogen (secondary N) is 1. The molecule has 0 aromatic carbocycles. The molecule has 1 heterocycles. The lowest BCUT2D eigenvalue weighted by molar-refractivity contribution is 0.149. The van der Waals surface area contributed by atoms with Crippen molar-refractivity contribution >= 4 is 0 Å². The highest BCUT2D eigenvalue weighted by molar-refractivity contribution is 4.86. The minimum Gasteiger partial charge on any atom is -0.385 e. The normalized spacial score (nSPS) is 27.8. The molecular weight excluding hydrogens is 107 g/mol. The maximum Gasteiger partial charge on any atom is 0.189 e. The largest absolute Gasteiger partial charge is 0.385 e. The van der Waals surface area contributed by atoms with Crippen LogP contribution in [-0.4, -0.2) is 24.8 Å². The minimum absolute atomic E-state index is 0.396. The third-order valence-corrected chi connectivity index (χ3v) is 1.16. The van der Waals surface area contributed by atoms with E-state index >= 15 is 0 Å². The second kappa shape index (κ2) is 2.03. The van der Waals surface area contributed by atoms with E-state index in [-0.39, 0.29) is 0 Å². The fraction of sp³-hybridized carbons (Fsp3) is 0.600. The molecule has 0 aromatic rings. The van der Waals surface area contributed by atoms with E-state index in [0.29, 0.717) is 6.54 Å². The van der Waals surface area contributed by atoms with Crippen LogP contribution < -0.4 is 5.32 Å². The average molecular weight is 116 g/mol. The van der Waals surface area contributed by atoms with Gasteiger partial charge in [-0.05, 0) is 0 Å². The lowest BCUT2D eigenvalue weighted by Crippen LogP contribution is -2.35. The smallest absolute Gasteiger partial charge is 0.189 e. The highest BCUT2D eigenvalue weighted by Gasteiger charge is 2.10. The van der Waals surface area contributed by atoms with Crippen LogP contribution in [0.2, 0.25) is 0 Å². The molecule has 1 N–H and O–H groups in total. The van der Waals surface area contributed by atoms with Crippen LogP contribution in [0, 0.1) is 0 Å².